The van der Waals surface area contributed by atoms with Gasteiger partial charge in [-0.25, -0.2) is 4.98 Å². The number of morpholine rings is 1. The van der Waals surface area contributed by atoms with Crippen molar-refractivity contribution in [2.75, 3.05) is 19.7 Å². The van der Waals surface area contributed by atoms with Crippen LogP contribution in [0.1, 0.15) is 23.1 Å². The average Bonchev–Trinajstić information content (AvgIpc) is 2.92. The Bertz CT molecular complexity index is 754. The Morgan fingerprint density at radius 3 is 2.86 bits per heavy atom. The Balaban J connectivity index is 1.89. The van der Waals surface area contributed by atoms with Crippen molar-refractivity contribution < 1.29 is 14.3 Å². The lowest BCUT2D eigenvalue weighted by molar-refractivity contribution is -0.150. The van der Waals surface area contributed by atoms with E-state index in [2.05, 4.69) is 4.98 Å². The summed E-state index contributed by atoms with van der Waals surface area (Å²) in [4.78, 5) is 30.1. The molecule has 0 spiro atoms. The van der Waals surface area contributed by atoms with E-state index in [9.17, 15) is 9.59 Å². The molecule has 3 heterocycles. The topological polar surface area (TPSA) is 89.9 Å². The first-order chi connectivity index (χ1) is 10.4. The monoisotopic (exact) mass is 302 g/mol. The molecule has 7 nitrogen and oxygen atoms in total. The second kappa shape index (κ2) is 5.10. The highest BCUT2D eigenvalue weighted by Crippen LogP contribution is 2.19. The van der Waals surface area contributed by atoms with Crippen molar-refractivity contribution in [1.82, 2.24) is 14.3 Å². The van der Waals surface area contributed by atoms with E-state index in [1.54, 1.807) is 18.0 Å². The fourth-order valence-electron chi connectivity index (χ4n) is 2.61. The van der Waals surface area contributed by atoms with Gasteiger partial charge in [0.1, 0.15) is 11.3 Å². The molecule has 2 aromatic rings. The van der Waals surface area contributed by atoms with Gasteiger partial charge < -0.3 is 19.8 Å². The Labute approximate surface area is 127 Å². The molecule has 116 valence electrons. The van der Waals surface area contributed by atoms with E-state index in [1.807, 2.05) is 29.5 Å². The molecule has 7 heteroatoms. The normalized spacial score (nSPS) is 22.0. The van der Waals surface area contributed by atoms with Crippen LogP contribution in [0.25, 0.3) is 5.65 Å². The highest BCUT2D eigenvalue weighted by Gasteiger charge is 2.39. The van der Waals surface area contributed by atoms with E-state index in [4.69, 9.17) is 10.5 Å². The Kier molecular flexibility index (Phi) is 3.37. The Morgan fingerprint density at radius 1 is 1.41 bits per heavy atom. The van der Waals surface area contributed by atoms with Crippen molar-refractivity contribution >= 4 is 17.5 Å². The third kappa shape index (κ3) is 2.33. The fourth-order valence-corrected chi connectivity index (χ4v) is 2.61. The highest BCUT2D eigenvalue weighted by molar-refractivity contribution is 5.94. The van der Waals surface area contributed by atoms with Crippen LogP contribution >= 0.6 is 0 Å². The third-order valence-corrected chi connectivity index (χ3v) is 4.00. The molecule has 1 aliphatic heterocycles. The van der Waals surface area contributed by atoms with Crippen molar-refractivity contribution in [2.45, 2.75) is 19.4 Å². The number of hydrogen-bond acceptors (Lipinski definition) is 4. The van der Waals surface area contributed by atoms with Gasteiger partial charge in [-0.2, -0.15) is 0 Å². The Morgan fingerprint density at radius 2 is 2.18 bits per heavy atom. The first kappa shape index (κ1) is 14.5. The molecular formula is C15H18N4O3. The zero-order chi connectivity index (χ0) is 15.9. The number of rotatable bonds is 2. The molecule has 2 N–H and O–H groups in total. The third-order valence-electron chi connectivity index (χ3n) is 4.00. The van der Waals surface area contributed by atoms with Gasteiger partial charge in [-0.15, -0.1) is 0 Å². The summed E-state index contributed by atoms with van der Waals surface area (Å²) in [5.74, 6) is -0.797. The van der Waals surface area contributed by atoms with E-state index in [1.165, 1.54) is 0 Å². The standard InChI is InChI=1S/C15H18N4O3/c1-10-4-3-5-12-17-11(8-19(10)12)13(20)18-6-7-22-15(2,9-18)14(16)21/h3-5,8H,6-7,9H2,1-2H3,(H2,16,21)/t15-/m1/s1. The Hall–Kier alpha value is -2.41. The van der Waals surface area contributed by atoms with Crippen LogP contribution in [0.15, 0.2) is 24.4 Å². The summed E-state index contributed by atoms with van der Waals surface area (Å²) in [7, 11) is 0. The number of ether oxygens (including phenoxy) is 1. The average molecular weight is 302 g/mol. The minimum Gasteiger partial charge on any atom is -0.367 e. The minimum atomic E-state index is -1.15. The number of fused-ring (bicyclic) bond motifs is 1. The number of pyridine rings is 1. The van der Waals surface area contributed by atoms with Gasteiger partial charge in [-0.05, 0) is 26.0 Å². The lowest BCUT2D eigenvalue weighted by Crippen LogP contribution is -2.58. The second-order valence-electron chi connectivity index (χ2n) is 5.69. The van der Waals surface area contributed by atoms with E-state index in [0.717, 1.165) is 5.69 Å². The number of amides is 2. The molecule has 0 radical (unpaired) electrons. The van der Waals surface area contributed by atoms with Crippen LogP contribution in [0.4, 0.5) is 0 Å². The van der Waals surface area contributed by atoms with Crippen molar-refractivity contribution in [3.63, 3.8) is 0 Å². The number of aromatic nitrogens is 2. The molecule has 1 fully saturated rings. The van der Waals surface area contributed by atoms with E-state index in [0.29, 0.717) is 17.9 Å². The molecule has 0 aliphatic carbocycles. The zero-order valence-electron chi connectivity index (χ0n) is 12.6. The van der Waals surface area contributed by atoms with Gasteiger partial charge in [0.25, 0.3) is 11.8 Å². The first-order valence-corrected chi connectivity index (χ1v) is 7.08. The smallest absolute Gasteiger partial charge is 0.274 e. The molecule has 2 aromatic heterocycles. The number of hydrogen-bond donors (Lipinski definition) is 1. The molecule has 1 saturated heterocycles. The van der Waals surface area contributed by atoms with E-state index in [-0.39, 0.29) is 19.1 Å². The number of aryl methyl sites for hydroxylation is 1. The fraction of sp³-hybridized carbons (Fsp3) is 0.400. The molecule has 22 heavy (non-hydrogen) atoms. The quantitative estimate of drug-likeness (QED) is 0.867. The molecule has 0 saturated carbocycles. The summed E-state index contributed by atoms with van der Waals surface area (Å²) in [6, 6.07) is 5.68. The number of carbonyl (C=O) groups excluding carboxylic acids is 2. The van der Waals surface area contributed by atoms with Gasteiger partial charge in [-0.1, -0.05) is 6.07 Å². The van der Waals surface area contributed by atoms with Gasteiger partial charge in [-0.3, -0.25) is 9.59 Å². The van der Waals surface area contributed by atoms with Crippen LogP contribution < -0.4 is 5.73 Å². The first-order valence-electron chi connectivity index (χ1n) is 7.08. The molecule has 1 atom stereocenters. The van der Waals surface area contributed by atoms with Crippen LogP contribution in [0.5, 0.6) is 0 Å². The maximum absolute atomic E-state index is 12.6. The van der Waals surface area contributed by atoms with Gasteiger partial charge in [0, 0.05) is 18.4 Å². The molecule has 0 aromatic carbocycles. The van der Waals surface area contributed by atoms with Crippen LogP contribution in [0, 0.1) is 6.92 Å². The van der Waals surface area contributed by atoms with Crippen molar-refractivity contribution in [2.24, 2.45) is 5.73 Å². The second-order valence-corrected chi connectivity index (χ2v) is 5.69. The number of imidazole rings is 1. The van der Waals surface area contributed by atoms with Gasteiger partial charge in [0.05, 0.1) is 13.2 Å². The number of carbonyl (C=O) groups is 2. The predicted molar refractivity (Wildman–Crippen MR) is 79.4 cm³/mol. The minimum absolute atomic E-state index is 0.133. The van der Waals surface area contributed by atoms with Crippen LogP contribution in [-0.4, -0.2) is 51.4 Å². The predicted octanol–water partition coefficient (Wildman–Crippen LogP) is 0.359. The lowest BCUT2D eigenvalue weighted by Gasteiger charge is -2.37. The summed E-state index contributed by atoms with van der Waals surface area (Å²) >= 11 is 0. The highest BCUT2D eigenvalue weighted by atomic mass is 16.5. The summed E-state index contributed by atoms with van der Waals surface area (Å²) in [6.45, 7) is 4.37. The molecular weight excluding hydrogens is 284 g/mol. The summed E-state index contributed by atoms with van der Waals surface area (Å²) < 4.78 is 7.29. The van der Waals surface area contributed by atoms with Crippen molar-refractivity contribution in [1.29, 1.82) is 0 Å². The largest absolute Gasteiger partial charge is 0.367 e. The molecule has 1 aliphatic rings. The number of nitrogens with zero attached hydrogens (tertiary/aromatic N) is 3. The van der Waals surface area contributed by atoms with E-state index < -0.39 is 11.5 Å². The van der Waals surface area contributed by atoms with E-state index >= 15 is 0 Å². The molecule has 0 unspecified atom stereocenters. The van der Waals surface area contributed by atoms with Crippen LogP contribution in [0.3, 0.4) is 0 Å². The molecule has 2 amide bonds. The summed E-state index contributed by atoms with van der Waals surface area (Å²) in [5.41, 5.74) is 6.27. The van der Waals surface area contributed by atoms with Crippen LogP contribution in [0.2, 0.25) is 0 Å². The zero-order valence-corrected chi connectivity index (χ0v) is 12.6. The maximum atomic E-state index is 12.6. The van der Waals surface area contributed by atoms with Gasteiger partial charge in [0.2, 0.25) is 0 Å². The molecule has 3 rings (SSSR count). The summed E-state index contributed by atoms with van der Waals surface area (Å²) in [6.07, 6.45) is 1.71. The van der Waals surface area contributed by atoms with Gasteiger partial charge >= 0.3 is 0 Å². The molecule has 0 bridgehead atoms. The maximum Gasteiger partial charge on any atom is 0.274 e. The SMILES string of the molecule is Cc1cccc2nc(C(=O)N3CCO[C@@](C)(C(N)=O)C3)cn12. The van der Waals surface area contributed by atoms with Crippen molar-refractivity contribution in [3.05, 3.63) is 35.8 Å². The number of nitrogens with two attached hydrogens (primary N) is 1. The van der Waals surface area contributed by atoms with Crippen molar-refractivity contribution in [3.8, 4) is 0 Å². The van der Waals surface area contributed by atoms with Gasteiger partial charge in [0.15, 0.2) is 5.60 Å². The summed E-state index contributed by atoms with van der Waals surface area (Å²) in [5, 5.41) is 0. The number of primary amides is 1. The lowest BCUT2D eigenvalue weighted by atomic mass is 10.0. The van der Waals surface area contributed by atoms with Crippen LogP contribution in [-0.2, 0) is 9.53 Å².